The Morgan fingerprint density at radius 1 is 1.06 bits per heavy atom. The van der Waals surface area contributed by atoms with E-state index in [1.54, 1.807) is 6.92 Å². The van der Waals surface area contributed by atoms with Crippen LogP contribution in [-0.2, 0) is 19.1 Å². The number of hydrogen-bond acceptors (Lipinski definition) is 7. The zero-order chi connectivity index (χ0) is 22.8. The van der Waals surface area contributed by atoms with E-state index < -0.39 is 25.3 Å². The molecule has 0 N–H and O–H groups in total. The summed E-state index contributed by atoms with van der Waals surface area (Å²) in [6.45, 7) is -0.119. The summed E-state index contributed by atoms with van der Waals surface area (Å²) in [7, 11) is 1.30. The van der Waals surface area contributed by atoms with Crippen LogP contribution in [0.15, 0.2) is 24.3 Å². The van der Waals surface area contributed by atoms with Crippen LogP contribution in [0.25, 0.3) is 6.08 Å². The highest BCUT2D eigenvalue weighted by Crippen LogP contribution is 2.29. The Bertz CT molecular complexity index is 809. The van der Waals surface area contributed by atoms with E-state index in [0.717, 1.165) is 6.08 Å². The van der Waals surface area contributed by atoms with E-state index in [-0.39, 0.29) is 24.0 Å². The molecule has 1 aromatic carbocycles. The van der Waals surface area contributed by atoms with Gasteiger partial charge in [-0.2, -0.15) is 8.78 Å². The second kappa shape index (κ2) is 11.7. The van der Waals surface area contributed by atoms with Crippen LogP contribution in [0.5, 0.6) is 11.5 Å². The van der Waals surface area contributed by atoms with Crippen LogP contribution in [0.4, 0.5) is 13.6 Å². The van der Waals surface area contributed by atoms with E-state index in [4.69, 9.17) is 14.2 Å². The third-order valence-electron chi connectivity index (χ3n) is 4.31. The van der Waals surface area contributed by atoms with Gasteiger partial charge in [0.2, 0.25) is 0 Å². The standard InChI is InChI=1S/C20H24F2N2O7/c1-3-29-20(27)24-10-8-23(9-11-24)17(25)13-30-18(26)7-5-14-4-6-15(31-19(21)22)16(12-14)28-2/h4-7,12,19H,3,8-11,13H2,1-2H3/b7-5+. The molecule has 1 fully saturated rings. The number of amides is 2. The highest BCUT2D eigenvalue weighted by Gasteiger charge is 2.25. The smallest absolute Gasteiger partial charge is 0.409 e. The number of benzene rings is 1. The number of nitrogens with zero attached hydrogens (tertiary/aromatic N) is 2. The van der Waals surface area contributed by atoms with Gasteiger partial charge in [-0.05, 0) is 30.7 Å². The summed E-state index contributed by atoms with van der Waals surface area (Å²) in [4.78, 5) is 38.7. The average Bonchev–Trinajstić information content (AvgIpc) is 2.76. The fourth-order valence-corrected chi connectivity index (χ4v) is 2.77. The summed E-state index contributed by atoms with van der Waals surface area (Å²) in [5.41, 5.74) is 0.483. The van der Waals surface area contributed by atoms with Gasteiger partial charge in [0.25, 0.3) is 5.91 Å². The average molecular weight is 442 g/mol. The number of hydrogen-bond donors (Lipinski definition) is 0. The minimum atomic E-state index is -2.99. The Morgan fingerprint density at radius 3 is 2.35 bits per heavy atom. The van der Waals surface area contributed by atoms with Gasteiger partial charge in [-0.1, -0.05) is 6.07 Å². The van der Waals surface area contributed by atoms with Gasteiger partial charge < -0.3 is 28.7 Å². The first-order chi connectivity index (χ1) is 14.8. The number of halogens is 2. The predicted octanol–water partition coefficient (Wildman–Crippen LogP) is 2.15. The van der Waals surface area contributed by atoms with E-state index in [1.807, 2.05) is 0 Å². The Kier molecular flexibility index (Phi) is 9.04. The van der Waals surface area contributed by atoms with Crippen molar-refractivity contribution in [3.63, 3.8) is 0 Å². The Hall–Kier alpha value is -3.37. The van der Waals surface area contributed by atoms with Crippen LogP contribution in [0.2, 0.25) is 0 Å². The molecule has 0 aliphatic carbocycles. The number of rotatable bonds is 8. The summed E-state index contributed by atoms with van der Waals surface area (Å²) < 4.78 is 43.9. The molecular formula is C20H24F2N2O7. The maximum atomic E-state index is 12.4. The van der Waals surface area contributed by atoms with Crippen molar-refractivity contribution in [2.45, 2.75) is 13.5 Å². The molecule has 0 saturated carbocycles. The Morgan fingerprint density at radius 2 is 1.74 bits per heavy atom. The van der Waals surface area contributed by atoms with Gasteiger partial charge >= 0.3 is 18.7 Å². The first-order valence-electron chi connectivity index (χ1n) is 9.51. The fourth-order valence-electron chi connectivity index (χ4n) is 2.77. The molecule has 0 radical (unpaired) electrons. The second-order valence-electron chi connectivity index (χ2n) is 6.30. The van der Waals surface area contributed by atoms with Crippen LogP contribution in [0.3, 0.4) is 0 Å². The third kappa shape index (κ3) is 7.43. The zero-order valence-corrected chi connectivity index (χ0v) is 17.2. The molecule has 31 heavy (non-hydrogen) atoms. The molecule has 1 aliphatic rings. The molecule has 0 unspecified atom stereocenters. The molecule has 2 rings (SSSR count). The molecule has 1 aromatic rings. The molecule has 1 aliphatic heterocycles. The first kappa shape index (κ1) is 23.9. The van der Waals surface area contributed by atoms with Crippen molar-refractivity contribution in [2.24, 2.45) is 0 Å². The van der Waals surface area contributed by atoms with Crippen molar-refractivity contribution in [3.05, 3.63) is 29.8 Å². The molecule has 0 aromatic heterocycles. The van der Waals surface area contributed by atoms with E-state index in [1.165, 1.54) is 41.2 Å². The number of alkyl halides is 2. The molecule has 11 heteroatoms. The molecule has 170 valence electrons. The van der Waals surface area contributed by atoms with Crippen molar-refractivity contribution in [2.75, 3.05) is 46.5 Å². The number of carbonyl (C=O) groups is 3. The van der Waals surface area contributed by atoms with Gasteiger partial charge in [-0.3, -0.25) is 4.79 Å². The van der Waals surface area contributed by atoms with Gasteiger partial charge in [0.05, 0.1) is 13.7 Å². The van der Waals surface area contributed by atoms with Crippen molar-refractivity contribution in [3.8, 4) is 11.5 Å². The fraction of sp³-hybridized carbons (Fsp3) is 0.450. The summed E-state index contributed by atoms with van der Waals surface area (Å²) >= 11 is 0. The molecule has 1 heterocycles. The van der Waals surface area contributed by atoms with Gasteiger partial charge in [0, 0.05) is 32.3 Å². The summed E-state index contributed by atoms with van der Waals surface area (Å²) in [5.74, 6) is -1.18. The SMILES string of the molecule is CCOC(=O)N1CCN(C(=O)COC(=O)/C=C/c2ccc(OC(F)F)c(OC)c2)CC1. The Balaban J connectivity index is 1.80. The number of esters is 1. The lowest BCUT2D eigenvalue weighted by Gasteiger charge is -2.33. The maximum absolute atomic E-state index is 12.4. The Labute approximate surface area is 178 Å². The summed E-state index contributed by atoms with van der Waals surface area (Å²) in [5, 5.41) is 0. The minimum Gasteiger partial charge on any atom is -0.493 e. The monoisotopic (exact) mass is 442 g/mol. The van der Waals surface area contributed by atoms with E-state index >= 15 is 0 Å². The van der Waals surface area contributed by atoms with Crippen LogP contribution in [0.1, 0.15) is 12.5 Å². The third-order valence-corrected chi connectivity index (χ3v) is 4.31. The lowest BCUT2D eigenvalue weighted by Crippen LogP contribution is -2.51. The summed E-state index contributed by atoms with van der Waals surface area (Å²) in [6.07, 6.45) is 2.07. The lowest BCUT2D eigenvalue weighted by atomic mass is 10.2. The zero-order valence-electron chi connectivity index (χ0n) is 17.2. The highest BCUT2D eigenvalue weighted by molar-refractivity contribution is 5.89. The molecular weight excluding hydrogens is 418 g/mol. The van der Waals surface area contributed by atoms with E-state index in [2.05, 4.69) is 4.74 Å². The van der Waals surface area contributed by atoms with Gasteiger partial charge in [-0.15, -0.1) is 0 Å². The minimum absolute atomic E-state index is 0.0768. The van der Waals surface area contributed by atoms with E-state index in [0.29, 0.717) is 31.7 Å². The number of methoxy groups -OCH3 is 1. The topological polar surface area (TPSA) is 94.6 Å². The normalized spacial score (nSPS) is 14.0. The molecule has 1 saturated heterocycles. The molecule has 9 nitrogen and oxygen atoms in total. The van der Waals surface area contributed by atoms with Crippen LogP contribution in [0, 0.1) is 0 Å². The number of carbonyl (C=O) groups excluding carboxylic acids is 3. The van der Waals surface area contributed by atoms with Gasteiger partial charge in [0.15, 0.2) is 18.1 Å². The van der Waals surface area contributed by atoms with Crippen LogP contribution in [-0.4, -0.2) is 80.9 Å². The van der Waals surface area contributed by atoms with Crippen LogP contribution < -0.4 is 9.47 Å². The predicted molar refractivity (Wildman–Crippen MR) is 105 cm³/mol. The molecule has 2 amide bonds. The second-order valence-corrected chi connectivity index (χ2v) is 6.30. The van der Waals surface area contributed by atoms with Gasteiger partial charge in [0.1, 0.15) is 0 Å². The lowest BCUT2D eigenvalue weighted by molar-refractivity contribution is -0.148. The van der Waals surface area contributed by atoms with Crippen LogP contribution >= 0.6 is 0 Å². The van der Waals surface area contributed by atoms with Crippen molar-refractivity contribution < 1.29 is 42.1 Å². The van der Waals surface area contributed by atoms with E-state index in [9.17, 15) is 23.2 Å². The summed E-state index contributed by atoms with van der Waals surface area (Å²) in [6, 6.07) is 4.16. The number of ether oxygens (including phenoxy) is 4. The maximum Gasteiger partial charge on any atom is 0.409 e. The quantitative estimate of drug-likeness (QED) is 0.450. The number of piperazine rings is 1. The van der Waals surface area contributed by atoms with Crippen molar-refractivity contribution in [1.82, 2.24) is 9.80 Å². The highest BCUT2D eigenvalue weighted by atomic mass is 19.3. The largest absolute Gasteiger partial charge is 0.493 e. The molecule has 0 bridgehead atoms. The molecule has 0 spiro atoms. The first-order valence-corrected chi connectivity index (χ1v) is 9.51. The van der Waals surface area contributed by atoms with Gasteiger partial charge in [-0.25, -0.2) is 9.59 Å². The molecule has 0 atom stereocenters. The van der Waals surface area contributed by atoms with Crippen molar-refractivity contribution in [1.29, 1.82) is 0 Å². The van der Waals surface area contributed by atoms with Crippen molar-refractivity contribution >= 4 is 24.0 Å².